The van der Waals surface area contributed by atoms with Crippen LogP contribution in [0.1, 0.15) is 11.1 Å². The molecule has 0 fully saturated rings. The molecule has 0 aliphatic heterocycles. The van der Waals surface area contributed by atoms with Gasteiger partial charge in [-0.2, -0.15) is 5.10 Å². The Morgan fingerprint density at radius 3 is 3.00 bits per heavy atom. The first kappa shape index (κ1) is 14.6. The largest absolute Gasteiger partial charge is 0.445 e. The molecule has 0 aliphatic rings. The van der Waals surface area contributed by atoms with Crippen molar-refractivity contribution < 1.29 is 9.53 Å². The first-order valence-corrected chi connectivity index (χ1v) is 7.05. The van der Waals surface area contributed by atoms with Crippen LogP contribution in [0.3, 0.4) is 0 Å². The molecule has 0 bridgehead atoms. The summed E-state index contributed by atoms with van der Waals surface area (Å²) in [4.78, 5) is 15.8. The lowest BCUT2D eigenvalue weighted by molar-refractivity contribution is 0.141. The summed E-state index contributed by atoms with van der Waals surface area (Å²) < 4.78 is 6.73. The van der Waals surface area contributed by atoms with Gasteiger partial charge in [-0.25, -0.2) is 14.3 Å². The standard InChI is InChI=1S/C17H14N4O2/c22-17(23-13-14-6-2-1-3-7-14)19-9-4-8-15-12-20-21-11-5-10-18-16(15)21/h1-3,5-7,10-12H,9,13H2,(H,19,22). The fourth-order valence-corrected chi connectivity index (χ4v) is 1.95. The van der Waals surface area contributed by atoms with Crippen LogP contribution >= 0.6 is 0 Å². The maximum absolute atomic E-state index is 11.6. The molecule has 0 atom stereocenters. The second-order valence-corrected chi connectivity index (χ2v) is 4.66. The van der Waals surface area contributed by atoms with E-state index >= 15 is 0 Å². The highest BCUT2D eigenvalue weighted by Crippen LogP contribution is 2.04. The van der Waals surface area contributed by atoms with Crippen LogP contribution in [0.4, 0.5) is 4.79 Å². The van der Waals surface area contributed by atoms with Gasteiger partial charge in [0, 0.05) is 12.4 Å². The Morgan fingerprint density at radius 1 is 1.26 bits per heavy atom. The quantitative estimate of drug-likeness (QED) is 0.752. The number of carbonyl (C=O) groups excluding carboxylic acids is 1. The Labute approximate surface area is 133 Å². The molecular formula is C17H14N4O2. The highest BCUT2D eigenvalue weighted by atomic mass is 16.5. The summed E-state index contributed by atoms with van der Waals surface area (Å²) in [6.45, 7) is 0.426. The van der Waals surface area contributed by atoms with Crippen molar-refractivity contribution in [3.8, 4) is 11.8 Å². The van der Waals surface area contributed by atoms with E-state index in [2.05, 4.69) is 27.2 Å². The van der Waals surface area contributed by atoms with Gasteiger partial charge in [-0.05, 0) is 11.6 Å². The van der Waals surface area contributed by atoms with Gasteiger partial charge < -0.3 is 10.1 Å². The van der Waals surface area contributed by atoms with Gasteiger partial charge in [0.05, 0.1) is 18.3 Å². The summed E-state index contributed by atoms with van der Waals surface area (Å²) in [5.74, 6) is 5.78. The molecule has 6 nitrogen and oxygen atoms in total. The third-order valence-electron chi connectivity index (χ3n) is 3.04. The number of carbonyl (C=O) groups is 1. The molecule has 2 aromatic heterocycles. The zero-order valence-electron chi connectivity index (χ0n) is 12.3. The maximum Gasteiger partial charge on any atom is 0.408 e. The number of fused-ring (bicyclic) bond motifs is 1. The number of alkyl carbamates (subject to hydrolysis) is 1. The lowest BCUT2D eigenvalue weighted by atomic mass is 10.2. The number of hydrogen-bond donors (Lipinski definition) is 1. The zero-order chi connectivity index (χ0) is 15.9. The van der Waals surface area contributed by atoms with Gasteiger partial charge in [-0.15, -0.1) is 0 Å². The lowest BCUT2D eigenvalue weighted by Gasteiger charge is -2.04. The van der Waals surface area contributed by atoms with Gasteiger partial charge in [-0.3, -0.25) is 0 Å². The molecule has 0 saturated heterocycles. The average Bonchev–Trinajstić information content (AvgIpc) is 3.01. The van der Waals surface area contributed by atoms with Gasteiger partial charge in [-0.1, -0.05) is 42.2 Å². The average molecular weight is 306 g/mol. The zero-order valence-corrected chi connectivity index (χ0v) is 12.3. The normalized spacial score (nSPS) is 9.91. The van der Waals surface area contributed by atoms with Crippen molar-refractivity contribution in [2.75, 3.05) is 6.54 Å². The van der Waals surface area contributed by atoms with Crippen molar-refractivity contribution in [2.24, 2.45) is 0 Å². The first-order valence-electron chi connectivity index (χ1n) is 7.05. The number of rotatable bonds is 3. The minimum Gasteiger partial charge on any atom is -0.445 e. The van der Waals surface area contributed by atoms with Crippen LogP contribution in [0.2, 0.25) is 0 Å². The van der Waals surface area contributed by atoms with E-state index in [1.165, 1.54) is 0 Å². The van der Waals surface area contributed by atoms with E-state index in [1.54, 1.807) is 29.2 Å². The van der Waals surface area contributed by atoms with Crippen molar-refractivity contribution in [1.82, 2.24) is 19.9 Å². The Balaban J connectivity index is 1.49. The molecule has 2 heterocycles. The van der Waals surface area contributed by atoms with Crippen molar-refractivity contribution >= 4 is 11.7 Å². The second-order valence-electron chi connectivity index (χ2n) is 4.66. The molecule has 0 radical (unpaired) electrons. The van der Waals surface area contributed by atoms with Crippen LogP contribution in [0.25, 0.3) is 5.65 Å². The van der Waals surface area contributed by atoms with Crippen molar-refractivity contribution in [1.29, 1.82) is 0 Å². The van der Waals surface area contributed by atoms with Crippen LogP contribution < -0.4 is 5.32 Å². The van der Waals surface area contributed by atoms with E-state index in [0.717, 1.165) is 5.56 Å². The molecule has 0 saturated carbocycles. The smallest absolute Gasteiger partial charge is 0.408 e. The van der Waals surface area contributed by atoms with E-state index in [4.69, 9.17) is 4.74 Å². The number of aromatic nitrogens is 3. The van der Waals surface area contributed by atoms with E-state index in [1.807, 2.05) is 30.3 Å². The minimum absolute atomic E-state index is 0.192. The Hall–Kier alpha value is -3.33. The van der Waals surface area contributed by atoms with E-state index < -0.39 is 6.09 Å². The molecular weight excluding hydrogens is 292 g/mol. The number of nitrogens with one attached hydrogen (secondary N) is 1. The molecule has 1 aromatic carbocycles. The number of amides is 1. The SMILES string of the molecule is O=C(NCC#Cc1cnn2cccnc12)OCc1ccccc1. The first-order chi connectivity index (χ1) is 11.3. The number of nitrogens with zero attached hydrogens (tertiary/aromatic N) is 3. The Kier molecular flexibility index (Phi) is 4.50. The molecule has 0 aliphatic carbocycles. The summed E-state index contributed by atoms with van der Waals surface area (Å²) in [5, 5.41) is 6.72. The van der Waals surface area contributed by atoms with Gasteiger partial charge in [0.1, 0.15) is 6.61 Å². The summed E-state index contributed by atoms with van der Waals surface area (Å²) in [6, 6.07) is 11.3. The highest BCUT2D eigenvalue weighted by Gasteiger charge is 2.02. The van der Waals surface area contributed by atoms with Gasteiger partial charge in [0.25, 0.3) is 0 Å². The summed E-state index contributed by atoms with van der Waals surface area (Å²) in [5.41, 5.74) is 2.34. The highest BCUT2D eigenvalue weighted by molar-refractivity contribution is 5.67. The summed E-state index contributed by atoms with van der Waals surface area (Å²) in [6.07, 6.45) is 4.62. The summed E-state index contributed by atoms with van der Waals surface area (Å²) in [7, 11) is 0. The van der Waals surface area contributed by atoms with Gasteiger partial charge in [0.2, 0.25) is 0 Å². The number of benzene rings is 1. The monoisotopic (exact) mass is 306 g/mol. The minimum atomic E-state index is -0.499. The van der Waals surface area contributed by atoms with E-state index in [-0.39, 0.29) is 13.2 Å². The predicted octanol–water partition coefficient (Wildman–Crippen LogP) is 2.01. The summed E-state index contributed by atoms with van der Waals surface area (Å²) >= 11 is 0. The number of ether oxygens (including phenoxy) is 1. The third kappa shape index (κ3) is 3.86. The van der Waals surface area contributed by atoms with E-state index in [0.29, 0.717) is 11.2 Å². The van der Waals surface area contributed by atoms with Crippen LogP contribution in [0.5, 0.6) is 0 Å². The van der Waals surface area contributed by atoms with E-state index in [9.17, 15) is 4.79 Å². The maximum atomic E-state index is 11.6. The molecule has 0 spiro atoms. The van der Waals surface area contributed by atoms with Crippen LogP contribution in [-0.4, -0.2) is 27.2 Å². The fraction of sp³-hybridized carbons (Fsp3) is 0.118. The van der Waals surface area contributed by atoms with Gasteiger partial charge >= 0.3 is 6.09 Å². The van der Waals surface area contributed by atoms with Crippen molar-refractivity contribution in [3.05, 3.63) is 66.1 Å². The van der Waals surface area contributed by atoms with Crippen LogP contribution in [0.15, 0.2) is 55.0 Å². The molecule has 114 valence electrons. The molecule has 1 N–H and O–H groups in total. The Morgan fingerprint density at radius 2 is 2.13 bits per heavy atom. The molecule has 1 amide bonds. The third-order valence-corrected chi connectivity index (χ3v) is 3.04. The van der Waals surface area contributed by atoms with Crippen LogP contribution in [-0.2, 0) is 11.3 Å². The fourth-order valence-electron chi connectivity index (χ4n) is 1.95. The van der Waals surface area contributed by atoms with Crippen molar-refractivity contribution in [2.45, 2.75) is 6.61 Å². The lowest BCUT2D eigenvalue weighted by Crippen LogP contribution is -2.24. The van der Waals surface area contributed by atoms with Crippen molar-refractivity contribution in [3.63, 3.8) is 0 Å². The number of hydrogen-bond acceptors (Lipinski definition) is 4. The molecule has 3 aromatic rings. The topological polar surface area (TPSA) is 68.5 Å². The van der Waals surface area contributed by atoms with Gasteiger partial charge in [0.15, 0.2) is 5.65 Å². The Bertz CT molecular complexity index is 862. The van der Waals surface area contributed by atoms with Crippen LogP contribution in [0, 0.1) is 11.8 Å². The molecule has 0 unspecified atom stereocenters. The molecule has 23 heavy (non-hydrogen) atoms. The molecule has 6 heteroatoms. The predicted molar refractivity (Wildman–Crippen MR) is 84.5 cm³/mol. The molecule has 3 rings (SSSR count). The second kappa shape index (κ2) is 7.09.